The third-order valence-corrected chi connectivity index (χ3v) is 3.13. The second-order valence-electron chi connectivity index (χ2n) is 4.21. The lowest BCUT2D eigenvalue weighted by atomic mass is 10.0. The molecule has 3 aliphatic rings. The Kier molecular flexibility index (Phi) is 1.58. The van der Waals surface area contributed by atoms with Crippen molar-refractivity contribution in [2.75, 3.05) is 0 Å². The molecule has 1 aliphatic carbocycles. The Hall–Kier alpha value is -2.57. The summed E-state index contributed by atoms with van der Waals surface area (Å²) in [5.41, 5.74) is 3.43. The zero-order valence-corrected chi connectivity index (χ0v) is 9.40. The van der Waals surface area contributed by atoms with E-state index in [0.29, 0.717) is 17.0 Å². The molecule has 1 unspecified atom stereocenters. The number of carbonyl (C=O) groups is 1. The summed E-state index contributed by atoms with van der Waals surface area (Å²) in [6.07, 6.45) is -0.567. The lowest BCUT2D eigenvalue weighted by molar-refractivity contribution is -0.623. The summed E-state index contributed by atoms with van der Waals surface area (Å²) < 4.78 is 0. The van der Waals surface area contributed by atoms with Crippen molar-refractivity contribution in [1.82, 2.24) is 0 Å². The van der Waals surface area contributed by atoms with Crippen LogP contribution in [-0.4, -0.2) is 28.3 Å². The van der Waals surface area contributed by atoms with Gasteiger partial charge in [-0.25, -0.2) is 4.99 Å². The first-order valence-electron chi connectivity index (χ1n) is 5.47. The number of hydrazone groups is 1. The Morgan fingerprint density at radius 3 is 3.06 bits per heavy atom. The number of hydrogen-bond donors (Lipinski definition) is 0. The smallest absolute Gasteiger partial charge is 0.287 e. The number of hydrogen-bond acceptors (Lipinski definition) is 6. The molecule has 2 heterocycles. The van der Waals surface area contributed by atoms with Gasteiger partial charge in [-0.3, -0.25) is 4.79 Å². The molecule has 86 valence electrons. The molecule has 1 aromatic carbocycles. The fourth-order valence-corrected chi connectivity index (χ4v) is 2.31. The van der Waals surface area contributed by atoms with Gasteiger partial charge in [0.25, 0.3) is 0 Å². The van der Waals surface area contributed by atoms with Crippen molar-refractivity contribution < 1.29 is 9.60 Å². The highest BCUT2D eigenvalue weighted by atomic mass is 16.1. The highest BCUT2D eigenvalue weighted by molar-refractivity contribution is 6.78. The standard InChI is InChI=1S/C11H7N6O/c1-5-3-2-4-6-7(5)8-9(10(6)18)14-17-11(12-8)13-15-16-17/h2-4,11H,1H3/q+1. The Morgan fingerprint density at radius 1 is 1.28 bits per heavy atom. The highest BCUT2D eigenvalue weighted by Gasteiger charge is 2.42. The van der Waals surface area contributed by atoms with Gasteiger partial charge in [0.2, 0.25) is 11.0 Å². The third kappa shape index (κ3) is 1.01. The van der Waals surface area contributed by atoms with Crippen LogP contribution < -0.4 is 0 Å². The van der Waals surface area contributed by atoms with Crippen molar-refractivity contribution in [2.45, 2.75) is 13.2 Å². The molecule has 0 radical (unpaired) electrons. The molecule has 4 rings (SSSR count). The molecule has 0 fully saturated rings. The molecular weight excluding hydrogens is 232 g/mol. The SMILES string of the molecule is Cc1cccc2c1C1=NC3N=NN=[N+]3N=C1C2=O. The first-order valence-corrected chi connectivity index (χ1v) is 5.47. The summed E-state index contributed by atoms with van der Waals surface area (Å²) in [5, 5.41) is 15.2. The van der Waals surface area contributed by atoms with Crippen LogP contribution in [0, 0.1) is 6.92 Å². The van der Waals surface area contributed by atoms with Gasteiger partial charge in [-0.1, -0.05) is 23.3 Å². The zero-order chi connectivity index (χ0) is 12.3. The largest absolute Gasteiger partial charge is 0.374 e. The zero-order valence-electron chi connectivity index (χ0n) is 9.40. The van der Waals surface area contributed by atoms with Gasteiger partial charge < -0.3 is 0 Å². The van der Waals surface area contributed by atoms with Crippen molar-refractivity contribution in [3.63, 3.8) is 0 Å². The first kappa shape index (κ1) is 9.46. The Balaban J connectivity index is 2.03. The fraction of sp³-hybridized carbons (Fsp3) is 0.182. The summed E-state index contributed by atoms with van der Waals surface area (Å²) >= 11 is 0. The normalized spacial score (nSPS) is 23.1. The lowest BCUT2D eigenvalue weighted by Gasteiger charge is -2.07. The minimum Gasteiger partial charge on any atom is -0.287 e. The highest BCUT2D eigenvalue weighted by Crippen LogP contribution is 2.28. The van der Waals surface area contributed by atoms with Gasteiger partial charge in [-0.05, 0) is 12.5 Å². The quantitative estimate of drug-likeness (QED) is 0.631. The van der Waals surface area contributed by atoms with Crippen molar-refractivity contribution in [3.8, 4) is 0 Å². The predicted molar refractivity (Wildman–Crippen MR) is 60.8 cm³/mol. The second-order valence-corrected chi connectivity index (χ2v) is 4.21. The Morgan fingerprint density at radius 2 is 2.17 bits per heavy atom. The van der Waals surface area contributed by atoms with E-state index in [1.165, 1.54) is 4.81 Å². The molecule has 1 atom stereocenters. The molecule has 0 aromatic heterocycles. The van der Waals surface area contributed by atoms with E-state index < -0.39 is 6.29 Å². The van der Waals surface area contributed by atoms with E-state index >= 15 is 0 Å². The van der Waals surface area contributed by atoms with E-state index in [4.69, 9.17) is 0 Å². The van der Waals surface area contributed by atoms with Crippen LogP contribution in [0.5, 0.6) is 0 Å². The van der Waals surface area contributed by atoms with Gasteiger partial charge in [0.05, 0.1) is 0 Å². The van der Waals surface area contributed by atoms with E-state index in [1.54, 1.807) is 6.07 Å². The summed E-state index contributed by atoms with van der Waals surface area (Å²) in [6, 6.07) is 5.60. The molecule has 18 heavy (non-hydrogen) atoms. The van der Waals surface area contributed by atoms with Crippen LogP contribution in [0.4, 0.5) is 0 Å². The number of nitrogens with zero attached hydrogens (tertiary/aromatic N) is 6. The van der Waals surface area contributed by atoms with Crippen LogP contribution in [0.3, 0.4) is 0 Å². The maximum Gasteiger partial charge on any atom is 0.374 e. The van der Waals surface area contributed by atoms with Gasteiger partial charge in [0.15, 0.2) is 10.9 Å². The molecule has 0 spiro atoms. The predicted octanol–water partition coefficient (Wildman–Crippen LogP) is 1.48. The molecule has 0 N–H and O–H groups in total. The van der Waals surface area contributed by atoms with Crippen LogP contribution >= 0.6 is 0 Å². The fourth-order valence-electron chi connectivity index (χ4n) is 2.31. The molecular formula is C11H7N6O+. The number of rotatable bonds is 0. The van der Waals surface area contributed by atoms with Crippen molar-refractivity contribution in [1.29, 1.82) is 0 Å². The minimum atomic E-state index is -0.567. The van der Waals surface area contributed by atoms with Gasteiger partial charge in [0.1, 0.15) is 5.71 Å². The number of benzene rings is 1. The number of carbonyl (C=O) groups excluding carboxylic acids is 1. The summed E-state index contributed by atoms with van der Waals surface area (Å²) in [6.45, 7) is 1.95. The Labute approximate surface area is 101 Å². The summed E-state index contributed by atoms with van der Waals surface area (Å²) in [5.74, 6) is -0.118. The van der Waals surface area contributed by atoms with Gasteiger partial charge in [0, 0.05) is 21.0 Å². The van der Waals surface area contributed by atoms with E-state index in [9.17, 15) is 4.79 Å². The van der Waals surface area contributed by atoms with Gasteiger partial charge >= 0.3 is 6.29 Å². The molecule has 0 saturated heterocycles. The molecule has 0 saturated carbocycles. The third-order valence-electron chi connectivity index (χ3n) is 3.13. The van der Waals surface area contributed by atoms with E-state index in [2.05, 4.69) is 25.7 Å². The van der Waals surface area contributed by atoms with E-state index in [0.717, 1.165) is 11.1 Å². The molecule has 2 aliphatic heterocycles. The molecule has 0 amide bonds. The number of aryl methyl sites for hydroxylation is 1. The van der Waals surface area contributed by atoms with Crippen LogP contribution in [0.2, 0.25) is 0 Å². The topological polar surface area (TPSA) is 81.9 Å². The molecule has 7 nitrogen and oxygen atoms in total. The van der Waals surface area contributed by atoms with E-state index in [-0.39, 0.29) is 5.78 Å². The van der Waals surface area contributed by atoms with Gasteiger partial charge in [-0.15, -0.1) is 0 Å². The maximum absolute atomic E-state index is 12.2. The Bertz CT molecular complexity index is 727. The summed E-state index contributed by atoms with van der Waals surface area (Å²) in [7, 11) is 0. The first-order chi connectivity index (χ1) is 8.75. The van der Waals surface area contributed by atoms with Crippen LogP contribution in [0.25, 0.3) is 0 Å². The molecule has 0 bridgehead atoms. The maximum atomic E-state index is 12.2. The molecule has 1 aromatic rings. The second kappa shape index (κ2) is 3.00. The van der Waals surface area contributed by atoms with Crippen molar-refractivity contribution in [2.24, 2.45) is 25.7 Å². The van der Waals surface area contributed by atoms with Crippen molar-refractivity contribution >= 4 is 17.2 Å². The van der Waals surface area contributed by atoms with Gasteiger partial charge in [-0.2, -0.15) is 0 Å². The minimum absolute atomic E-state index is 0.118. The summed E-state index contributed by atoms with van der Waals surface area (Å²) in [4.78, 5) is 17.9. The monoisotopic (exact) mass is 239 g/mol. The van der Waals surface area contributed by atoms with E-state index in [1.807, 2.05) is 19.1 Å². The average Bonchev–Trinajstić information content (AvgIpc) is 2.92. The van der Waals surface area contributed by atoms with Crippen LogP contribution in [-0.2, 0) is 0 Å². The number of fused-ring (bicyclic) bond motifs is 4. The van der Waals surface area contributed by atoms with Crippen molar-refractivity contribution in [3.05, 3.63) is 34.9 Å². The number of ketones is 1. The number of aliphatic imine (C=N–C) groups is 1. The lowest BCUT2D eigenvalue weighted by Crippen LogP contribution is -2.29. The van der Waals surface area contributed by atoms with Crippen LogP contribution in [0.1, 0.15) is 21.5 Å². The number of Topliss-reactive ketones (excluding diaryl/α,β-unsaturated/α-hetero) is 1. The average molecular weight is 239 g/mol. The molecule has 7 heteroatoms. The van der Waals surface area contributed by atoms with Crippen LogP contribution in [0.15, 0.2) is 43.9 Å².